The summed E-state index contributed by atoms with van der Waals surface area (Å²) in [6, 6.07) is 8.45. The third kappa shape index (κ3) is 3.28. The lowest BCUT2D eigenvalue weighted by atomic mass is 10.2. The van der Waals surface area contributed by atoms with Crippen molar-refractivity contribution in [2.45, 2.75) is 13.3 Å². The Labute approximate surface area is 100 Å². The lowest BCUT2D eigenvalue weighted by Crippen LogP contribution is -2.02. The molecule has 17 heavy (non-hydrogen) atoms. The molecule has 0 unspecified atom stereocenters. The highest BCUT2D eigenvalue weighted by Gasteiger charge is 2.01. The largest absolute Gasteiger partial charge is 0.493 e. The molecule has 1 aromatic heterocycles. The number of aryl methyl sites for hydroxylation is 1. The van der Waals surface area contributed by atoms with Gasteiger partial charge in [-0.2, -0.15) is 0 Å². The normalized spacial score (nSPS) is 10.2. The first-order chi connectivity index (χ1) is 8.25. The van der Waals surface area contributed by atoms with Gasteiger partial charge in [0.1, 0.15) is 11.6 Å². The number of benzene rings is 1. The third-order valence-corrected chi connectivity index (χ3v) is 2.51. The van der Waals surface area contributed by atoms with E-state index in [1.54, 1.807) is 12.3 Å². The van der Waals surface area contributed by atoms with Gasteiger partial charge >= 0.3 is 0 Å². The standard InChI is InChI=1S/C14H14FNO/c1-11-9-13(15)4-5-14(11)17-8-6-12-3-2-7-16-10-12/h2-5,7,9-10H,6,8H2,1H3. The van der Waals surface area contributed by atoms with E-state index in [4.69, 9.17) is 4.74 Å². The summed E-state index contributed by atoms with van der Waals surface area (Å²) >= 11 is 0. The molecular formula is C14H14FNO. The van der Waals surface area contributed by atoms with Crippen molar-refractivity contribution in [1.82, 2.24) is 4.98 Å². The first-order valence-corrected chi connectivity index (χ1v) is 5.53. The second-order valence-corrected chi connectivity index (χ2v) is 3.87. The fraction of sp³-hybridized carbons (Fsp3) is 0.214. The summed E-state index contributed by atoms with van der Waals surface area (Å²) in [7, 11) is 0. The maximum Gasteiger partial charge on any atom is 0.123 e. The Balaban J connectivity index is 1.90. The fourth-order valence-corrected chi connectivity index (χ4v) is 1.60. The minimum Gasteiger partial charge on any atom is -0.493 e. The number of halogens is 1. The molecule has 0 spiro atoms. The van der Waals surface area contributed by atoms with Crippen LogP contribution in [0.25, 0.3) is 0 Å². The van der Waals surface area contributed by atoms with Crippen molar-refractivity contribution >= 4 is 0 Å². The predicted molar refractivity (Wildman–Crippen MR) is 64.6 cm³/mol. The van der Waals surface area contributed by atoms with Crippen LogP contribution in [-0.2, 0) is 6.42 Å². The summed E-state index contributed by atoms with van der Waals surface area (Å²) in [4.78, 5) is 4.03. The zero-order chi connectivity index (χ0) is 12.1. The smallest absolute Gasteiger partial charge is 0.123 e. The molecule has 2 nitrogen and oxygen atoms in total. The Morgan fingerprint density at radius 1 is 1.29 bits per heavy atom. The van der Waals surface area contributed by atoms with Crippen LogP contribution in [0.3, 0.4) is 0 Å². The Kier molecular flexibility index (Phi) is 3.70. The van der Waals surface area contributed by atoms with Gasteiger partial charge in [0.15, 0.2) is 0 Å². The molecule has 0 amide bonds. The molecule has 1 aromatic carbocycles. The zero-order valence-corrected chi connectivity index (χ0v) is 9.69. The molecular weight excluding hydrogens is 217 g/mol. The summed E-state index contributed by atoms with van der Waals surface area (Å²) in [6.45, 7) is 2.40. The number of hydrogen-bond acceptors (Lipinski definition) is 2. The van der Waals surface area contributed by atoms with E-state index >= 15 is 0 Å². The van der Waals surface area contributed by atoms with Crippen LogP contribution in [0.5, 0.6) is 5.75 Å². The molecule has 0 aliphatic carbocycles. The lowest BCUT2D eigenvalue weighted by Gasteiger charge is -2.08. The molecule has 0 fully saturated rings. The topological polar surface area (TPSA) is 22.1 Å². The van der Waals surface area contributed by atoms with Gasteiger partial charge in [-0.05, 0) is 42.3 Å². The highest BCUT2D eigenvalue weighted by atomic mass is 19.1. The lowest BCUT2D eigenvalue weighted by molar-refractivity contribution is 0.319. The van der Waals surface area contributed by atoms with Crippen LogP contribution >= 0.6 is 0 Å². The molecule has 0 radical (unpaired) electrons. The van der Waals surface area contributed by atoms with Crippen LogP contribution in [0.15, 0.2) is 42.7 Å². The molecule has 2 rings (SSSR count). The Hall–Kier alpha value is -1.90. The van der Waals surface area contributed by atoms with Crippen LogP contribution in [0, 0.1) is 12.7 Å². The first-order valence-electron chi connectivity index (χ1n) is 5.53. The summed E-state index contributed by atoms with van der Waals surface area (Å²) in [5.41, 5.74) is 1.95. The Morgan fingerprint density at radius 3 is 2.88 bits per heavy atom. The molecule has 0 saturated heterocycles. The van der Waals surface area contributed by atoms with Crippen LogP contribution in [0.2, 0.25) is 0 Å². The van der Waals surface area contributed by atoms with E-state index in [9.17, 15) is 4.39 Å². The van der Waals surface area contributed by atoms with Crippen molar-refractivity contribution in [2.75, 3.05) is 6.61 Å². The number of pyridine rings is 1. The summed E-state index contributed by atoms with van der Waals surface area (Å²) in [6.07, 6.45) is 4.36. The van der Waals surface area contributed by atoms with Crippen LogP contribution < -0.4 is 4.74 Å². The second kappa shape index (κ2) is 5.43. The van der Waals surface area contributed by atoms with E-state index in [1.165, 1.54) is 12.1 Å². The van der Waals surface area contributed by atoms with Gasteiger partial charge in [0.25, 0.3) is 0 Å². The molecule has 0 aliphatic heterocycles. The predicted octanol–water partition coefficient (Wildman–Crippen LogP) is 3.15. The SMILES string of the molecule is Cc1cc(F)ccc1OCCc1cccnc1. The van der Waals surface area contributed by atoms with Crippen molar-refractivity contribution < 1.29 is 9.13 Å². The first kappa shape index (κ1) is 11.6. The van der Waals surface area contributed by atoms with Gasteiger partial charge in [0, 0.05) is 18.8 Å². The van der Waals surface area contributed by atoms with E-state index in [2.05, 4.69) is 4.98 Å². The van der Waals surface area contributed by atoms with Gasteiger partial charge in [-0.25, -0.2) is 4.39 Å². The van der Waals surface area contributed by atoms with Crippen molar-refractivity contribution in [3.05, 3.63) is 59.7 Å². The second-order valence-electron chi connectivity index (χ2n) is 3.87. The molecule has 3 heteroatoms. The van der Waals surface area contributed by atoms with Gasteiger partial charge in [-0.15, -0.1) is 0 Å². The Bertz CT molecular complexity index is 485. The fourth-order valence-electron chi connectivity index (χ4n) is 1.60. The quantitative estimate of drug-likeness (QED) is 0.806. The van der Waals surface area contributed by atoms with Crippen molar-refractivity contribution in [3.63, 3.8) is 0 Å². The maximum absolute atomic E-state index is 12.9. The van der Waals surface area contributed by atoms with E-state index < -0.39 is 0 Å². The number of rotatable bonds is 4. The third-order valence-electron chi connectivity index (χ3n) is 2.51. The van der Waals surface area contributed by atoms with Crippen LogP contribution in [0.1, 0.15) is 11.1 Å². The number of ether oxygens (including phenoxy) is 1. The summed E-state index contributed by atoms with van der Waals surface area (Å²) < 4.78 is 18.5. The number of aromatic nitrogens is 1. The van der Waals surface area contributed by atoms with Crippen molar-refractivity contribution in [1.29, 1.82) is 0 Å². The number of hydrogen-bond donors (Lipinski definition) is 0. The molecule has 0 bridgehead atoms. The maximum atomic E-state index is 12.9. The molecule has 0 saturated carbocycles. The zero-order valence-electron chi connectivity index (χ0n) is 9.69. The van der Waals surface area contributed by atoms with Gasteiger partial charge in [0.2, 0.25) is 0 Å². The van der Waals surface area contributed by atoms with Gasteiger partial charge in [0.05, 0.1) is 6.61 Å². The molecule has 88 valence electrons. The minimum atomic E-state index is -0.234. The molecule has 0 aliphatic rings. The van der Waals surface area contributed by atoms with Gasteiger partial charge < -0.3 is 4.74 Å². The van der Waals surface area contributed by atoms with E-state index in [0.717, 1.165) is 23.3 Å². The van der Waals surface area contributed by atoms with E-state index in [1.807, 2.05) is 25.3 Å². The molecule has 1 heterocycles. The van der Waals surface area contributed by atoms with E-state index in [0.29, 0.717) is 6.61 Å². The minimum absolute atomic E-state index is 0.234. The van der Waals surface area contributed by atoms with Crippen LogP contribution in [0.4, 0.5) is 4.39 Å². The Morgan fingerprint density at radius 2 is 2.18 bits per heavy atom. The monoisotopic (exact) mass is 231 g/mol. The van der Waals surface area contributed by atoms with Gasteiger partial charge in [-0.1, -0.05) is 6.07 Å². The van der Waals surface area contributed by atoms with E-state index in [-0.39, 0.29) is 5.82 Å². The molecule has 2 aromatic rings. The average molecular weight is 231 g/mol. The molecule has 0 N–H and O–H groups in total. The molecule has 0 atom stereocenters. The average Bonchev–Trinajstić information content (AvgIpc) is 2.33. The van der Waals surface area contributed by atoms with Crippen LogP contribution in [-0.4, -0.2) is 11.6 Å². The highest BCUT2D eigenvalue weighted by molar-refractivity contribution is 5.32. The summed E-state index contributed by atoms with van der Waals surface area (Å²) in [5.74, 6) is 0.498. The summed E-state index contributed by atoms with van der Waals surface area (Å²) in [5, 5.41) is 0. The van der Waals surface area contributed by atoms with Gasteiger partial charge in [-0.3, -0.25) is 4.98 Å². The highest BCUT2D eigenvalue weighted by Crippen LogP contribution is 2.18. The van der Waals surface area contributed by atoms with Crippen molar-refractivity contribution in [3.8, 4) is 5.75 Å². The van der Waals surface area contributed by atoms with Crippen molar-refractivity contribution in [2.24, 2.45) is 0 Å². The number of nitrogens with zero attached hydrogens (tertiary/aromatic N) is 1.